The summed E-state index contributed by atoms with van der Waals surface area (Å²) in [6, 6.07) is 1.73. The molecule has 0 saturated carbocycles. The fourth-order valence-corrected chi connectivity index (χ4v) is 1.34. The molecule has 0 aliphatic rings. The van der Waals surface area contributed by atoms with Gasteiger partial charge < -0.3 is 5.73 Å². The molecule has 2 aromatic heterocycles. The van der Waals surface area contributed by atoms with Gasteiger partial charge in [0.15, 0.2) is 0 Å². The van der Waals surface area contributed by atoms with E-state index in [2.05, 4.69) is 10.2 Å². The van der Waals surface area contributed by atoms with Gasteiger partial charge in [-0.2, -0.15) is 10.2 Å². The van der Waals surface area contributed by atoms with E-state index in [1.54, 1.807) is 6.07 Å². The molecule has 0 aliphatic carbocycles. The lowest BCUT2D eigenvalue weighted by Crippen LogP contribution is -2.27. The lowest BCUT2D eigenvalue weighted by atomic mass is 10.4. The zero-order valence-corrected chi connectivity index (χ0v) is 7.84. The molecule has 0 aromatic carbocycles. The molecule has 2 aromatic rings. The van der Waals surface area contributed by atoms with Crippen molar-refractivity contribution >= 4 is 5.52 Å². The maximum Gasteiger partial charge on any atom is 0.292 e. The van der Waals surface area contributed by atoms with Gasteiger partial charge >= 0.3 is 0 Å². The lowest BCUT2D eigenvalue weighted by Gasteiger charge is -2.00. The van der Waals surface area contributed by atoms with Crippen LogP contribution in [0.25, 0.3) is 5.52 Å². The van der Waals surface area contributed by atoms with E-state index in [1.165, 1.54) is 15.5 Å². The summed E-state index contributed by atoms with van der Waals surface area (Å²) in [6.07, 6.45) is 1.51. The maximum atomic E-state index is 11.7. The van der Waals surface area contributed by atoms with Crippen LogP contribution in [0.4, 0.5) is 0 Å². The molecule has 14 heavy (non-hydrogen) atoms. The van der Waals surface area contributed by atoms with E-state index < -0.39 is 0 Å². The first-order valence-electron chi connectivity index (χ1n) is 4.34. The predicted molar refractivity (Wildman–Crippen MR) is 51.0 cm³/mol. The Hall–Kier alpha value is -1.69. The summed E-state index contributed by atoms with van der Waals surface area (Å²) in [6.45, 7) is 2.66. The first-order chi connectivity index (χ1) is 6.72. The molecule has 0 atom stereocenters. The molecule has 0 spiro atoms. The Kier molecular flexibility index (Phi) is 2.05. The highest BCUT2D eigenvalue weighted by atomic mass is 16.1. The normalized spacial score (nSPS) is 11.0. The fourth-order valence-electron chi connectivity index (χ4n) is 1.34. The molecule has 0 radical (unpaired) electrons. The van der Waals surface area contributed by atoms with Crippen molar-refractivity contribution in [2.75, 3.05) is 6.54 Å². The quantitative estimate of drug-likeness (QED) is 0.674. The molecular formula is C8H11N5O. The molecule has 2 heterocycles. The third-order valence-corrected chi connectivity index (χ3v) is 1.95. The van der Waals surface area contributed by atoms with Crippen LogP contribution < -0.4 is 11.3 Å². The van der Waals surface area contributed by atoms with Crippen LogP contribution in [-0.4, -0.2) is 25.9 Å². The highest BCUT2D eigenvalue weighted by molar-refractivity contribution is 5.44. The fraction of sp³-hybridized carbons (Fsp3) is 0.375. The van der Waals surface area contributed by atoms with E-state index in [1.807, 2.05) is 6.92 Å². The standard InChI is InChI=1S/C8H11N5O/c1-6-4-7-8(14)12(3-2-9)10-5-13(7)11-6/h4-5H,2-3,9H2,1H3. The molecule has 0 amide bonds. The third kappa shape index (κ3) is 1.29. The lowest BCUT2D eigenvalue weighted by molar-refractivity contribution is 0.574. The van der Waals surface area contributed by atoms with Crippen LogP contribution in [0.1, 0.15) is 5.69 Å². The molecule has 0 fully saturated rings. The van der Waals surface area contributed by atoms with Crippen molar-refractivity contribution in [2.45, 2.75) is 13.5 Å². The Morgan fingerprint density at radius 3 is 3.07 bits per heavy atom. The number of aryl methyl sites for hydroxylation is 1. The van der Waals surface area contributed by atoms with Crippen molar-refractivity contribution < 1.29 is 0 Å². The van der Waals surface area contributed by atoms with Gasteiger partial charge in [-0.3, -0.25) is 4.79 Å². The summed E-state index contributed by atoms with van der Waals surface area (Å²) in [5, 5.41) is 8.02. The summed E-state index contributed by atoms with van der Waals surface area (Å²) >= 11 is 0. The van der Waals surface area contributed by atoms with Gasteiger partial charge in [-0.25, -0.2) is 9.20 Å². The Balaban J connectivity index is 2.68. The van der Waals surface area contributed by atoms with E-state index >= 15 is 0 Å². The average molecular weight is 193 g/mol. The molecule has 0 saturated heterocycles. The minimum absolute atomic E-state index is 0.154. The summed E-state index contributed by atoms with van der Waals surface area (Å²) in [4.78, 5) is 11.7. The number of hydrogen-bond acceptors (Lipinski definition) is 4. The Morgan fingerprint density at radius 2 is 2.36 bits per heavy atom. The molecule has 2 rings (SSSR count). The minimum Gasteiger partial charge on any atom is -0.329 e. The largest absolute Gasteiger partial charge is 0.329 e. The molecule has 0 aliphatic heterocycles. The molecule has 74 valence electrons. The molecule has 0 bridgehead atoms. The number of hydrogen-bond donors (Lipinski definition) is 1. The van der Waals surface area contributed by atoms with Crippen molar-refractivity contribution in [3.05, 3.63) is 28.4 Å². The summed E-state index contributed by atoms with van der Waals surface area (Å²) in [5.41, 5.74) is 6.54. The van der Waals surface area contributed by atoms with Crippen LogP contribution in [0.3, 0.4) is 0 Å². The minimum atomic E-state index is -0.154. The van der Waals surface area contributed by atoms with Gasteiger partial charge in [0.1, 0.15) is 11.8 Å². The molecule has 2 N–H and O–H groups in total. The van der Waals surface area contributed by atoms with E-state index in [0.717, 1.165) is 5.69 Å². The van der Waals surface area contributed by atoms with Crippen LogP contribution in [0.2, 0.25) is 0 Å². The second-order valence-corrected chi connectivity index (χ2v) is 3.06. The zero-order valence-electron chi connectivity index (χ0n) is 7.84. The van der Waals surface area contributed by atoms with Gasteiger partial charge in [0.2, 0.25) is 0 Å². The van der Waals surface area contributed by atoms with Crippen LogP contribution in [0.15, 0.2) is 17.2 Å². The second-order valence-electron chi connectivity index (χ2n) is 3.06. The van der Waals surface area contributed by atoms with Crippen LogP contribution in [0.5, 0.6) is 0 Å². The highest BCUT2D eigenvalue weighted by Gasteiger charge is 2.05. The smallest absolute Gasteiger partial charge is 0.292 e. The SMILES string of the molecule is Cc1cc2c(=O)n(CCN)ncn2n1. The molecule has 6 nitrogen and oxygen atoms in total. The van der Waals surface area contributed by atoms with E-state index in [-0.39, 0.29) is 5.56 Å². The van der Waals surface area contributed by atoms with Crippen LogP contribution >= 0.6 is 0 Å². The summed E-state index contributed by atoms with van der Waals surface area (Å²) in [5.74, 6) is 0. The second kappa shape index (κ2) is 3.22. The number of aromatic nitrogens is 4. The number of nitrogens with zero attached hydrogens (tertiary/aromatic N) is 4. The van der Waals surface area contributed by atoms with Gasteiger partial charge in [0.25, 0.3) is 5.56 Å². The summed E-state index contributed by atoms with van der Waals surface area (Å²) < 4.78 is 2.82. The Morgan fingerprint density at radius 1 is 1.57 bits per heavy atom. The van der Waals surface area contributed by atoms with Gasteiger partial charge in [-0.15, -0.1) is 0 Å². The maximum absolute atomic E-state index is 11.7. The van der Waals surface area contributed by atoms with Crippen molar-refractivity contribution in [2.24, 2.45) is 5.73 Å². The third-order valence-electron chi connectivity index (χ3n) is 1.95. The predicted octanol–water partition coefficient (Wildman–Crippen LogP) is -0.842. The molecule has 6 heteroatoms. The molecular weight excluding hydrogens is 182 g/mol. The van der Waals surface area contributed by atoms with Crippen molar-refractivity contribution in [1.29, 1.82) is 0 Å². The van der Waals surface area contributed by atoms with E-state index in [9.17, 15) is 4.79 Å². The van der Waals surface area contributed by atoms with Crippen molar-refractivity contribution in [3.63, 3.8) is 0 Å². The van der Waals surface area contributed by atoms with Crippen molar-refractivity contribution in [1.82, 2.24) is 19.4 Å². The number of fused-ring (bicyclic) bond motifs is 1. The Bertz CT molecular complexity index is 512. The van der Waals surface area contributed by atoms with E-state index in [0.29, 0.717) is 18.6 Å². The van der Waals surface area contributed by atoms with Gasteiger partial charge in [-0.05, 0) is 13.0 Å². The van der Waals surface area contributed by atoms with Gasteiger partial charge in [0, 0.05) is 6.54 Å². The zero-order chi connectivity index (χ0) is 10.1. The highest BCUT2D eigenvalue weighted by Crippen LogP contribution is 1.97. The monoisotopic (exact) mass is 193 g/mol. The summed E-state index contributed by atoms with van der Waals surface area (Å²) in [7, 11) is 0. The van der Waals surface area contributed by atoms with Crippen LogP contribution in [0, 0.1) is 6.92 Å². The number of rotatable bonds is 2. The van der Waals surface area contributed by atoms with Gasteiger partial charge in [0.05, 0.1) is 12.2 Å². The van der Waals surface area contributed by atoms with Crippen LogP contribution in [-0.2, 0) is 6.54 Å². The first-order valence-corrected chi connectivity index (χ1v) is 4.34. The van der Waals surface area contributed by atoms with E-state index in [4.69, 9.17) is 5.73 Å². The average Bonchev–Trinajstić information content (AvgIpc) is 2.52. The Labute approximate surface area is 80.0 Å². The number of nitrogens with two attached hydrogens (primary N) is 1. The molecule has 0 unspecified atom stereocenters. The van der Waals surface area contributed by atoms with Gasteiger partial charge in [-0.1, -0.05) is 0 Å². The first kappa shape index (κ1) is 8.89. The van der Waals surface area contributed by atoms with Crippen molar-refractivity contribution in [3.8, 4) is 0 Å². The topological polar surface area (TPSA) is 78.2 Å².